The van der Waals surface area contributed by atoms with Gasteiger partial charge in [0.05, 0.1) is 0 Å². The molecule has 0 atom stereocenters. The highest BCUT2D eigenvalue weighted by atomic mass is 19.4. The molecule has 1 aromatic rings. The number of Topliss-reactive ketones (excluding diaryl/α,β-unsaturated/α-hetero) is 1. The van der Waals surface area contributed by atoms with Crippen molar-refractivity contribution in [3.63, 3.8) is 0 Å². The highest BCUT2D eigenvalue weighted by Gasteiger charge is 2.38. The van der Waals surface area contributed by atoms with Gasteiger partial charge in [0, 0.05) is 5.56 Å². The second kappa shape index (κ2) is 2.97. The van der Waals surface area contributed by atoms with Crippen LogP contribution in [-0.4, -0.2) is 12.0 Å². The Kier molecular flexibility index (Phi) is 2.17. The lowest BCUT2D eigenvalue weighted by molar-refractivity contribution is -0.0885. The minimum atomic E-state index is -4.78. The molecule has 0 amide bonds. The first-order valence-corrected chi connectivity index (χ1v) is 3.18. The molecule has 0 saturated carbocycles. The molecule has 0 spiro atoms. The van der Waals surface area contributed by atoms with Crippen LogP contribution in [0.25, 0.3) is 0 Å². The average Bonchev–Trinajstić information content (AvgIpc) is 2.03. The van der Waals surface area contributed by atoms with E-state index >= 15 is 0 Å². The third-order valence-corrected chi connectivity index (χ3v) is 1.29. The molecule has 4 heteroatoms. The molecule has 0 fully saturated rings. The van der Waals surface area contributed by atoms with Crippen molar-refractivity contribution < 1.29 is 18.0 Å². The highest BCUT2D eigenvalue weighted by Crippen LogP contribution is 2.20. The van der Waals surface area contributed by atoms with Gasteiger partial charge >= 0.3 is 6.18 Å². The van der Waals surface area contributed by atoms with Crippen LogP contribution in [0.2, 0.25) is 0 Å². The van der Waals surface area contributed by atoms with Gasteiger partial charge < -0.3 is 0 Å². The van der Waals surface area contributed by atoms with E-state index in [0.29, 0.717) is 0 Å². The summed E-state index contributed by atoms with van der Waals surface area (Å²) < 4.78 is 35.4. The Morgan fingerprint density at radius 2 is 1.58 bits per heavy atom. The molecule has 1 nitrogen and oxygen atoms in total. The molecule has 0 aromatic heterocycles. The van der Waals surface area contributed by atoms with Crippen LogP contribution in [0.5, 0.6) is 0 Å². The molecular formula is C8H5F3O. The van der Waals surface area contributed by atoms with Gasteiger partial charge in [0.15, 0.2) is 0 Å². The van der Waals surface area contributed by atoms with Gasteiger partial charge in [-0.05, 0) is 0 Å². The van der Waals surface area contributed by atoms with E-state index in [-0.39, 0.29) is 5.56 Å². The summed E-state index contributed by atoms with van der Waals surface area (Å²) in [5.74, 6) is -1.80. The van der Waals surface area contributed by atoms with Crippen molar-refractivity contribution in [1.29, 1.82) is 0 Å². The highest BCUT2D eigenvalue weighted by molar-refractivity contribution is 6.00. The smallest absolute Gasteiger partial charge is 0.284 e. The van der Waals surface area contributed by atoms with E-state index < -0.39 is 12.0 Å². The van der Waals surface area contributed by atoms with Crippen LogP contribution in [0, 0.1) is 0 Å². The van der Waals surface area contributed by atoms with E-state index in [1.807, 2.05) is 0 Å². The lowest BCUT2D eigenvalue weighted by Crippen LogP contribution is -2.22. The van der Waals surface area contributed by atoms with Crippen molar-refractivity contribution in [2.45, 2.75) is 6.18 Å². The lowest BCUT2D eigenvalue weighted by atomic mass is 10.1. The summed E-state index contributed by atoms with van der Waals surface area (Å²) >= 11 is 0. The number of benzene rings is 1. The van der Waals surface area contributed by atoms with Gasteiger partial charge in [-0.25, -0.2) is 0 Å². The average molecular weight is 174 g/mol. The van der Waals surface area contributed by atoms with Crippen molar-refractivity contribution in [3.8, 4) is 0 Å². The summed E-state index contributed by atoms with van der Waals surface area (Å²) in [5.41, 5.74) is -0.329. The van der Waals surface area contributed by atoms with Crippen LogP contribution in [0.1, 0.15) is 10.4 Å². The van der Waals surface area contributed by atoms with Crippen LogP contribution in [0.15, 0.2) is 30.3 Å². The van der Waals surface area contributed by atoms with Gasteiger partial charge in [-0.3, -0.25) is 4.79 Å². The third-order valence-electron chi connectivity index (χ3n) is 1.29. The summed E-state index contributed by atoms with van der Waals surface area (Å²) in [4.78, 5) is 10.5. The van der Waals surface area contributed by atoms with E-state index in [9.17, 15) is 18.0 Å². The third kappa shape index (κ3) is 1.84. The Balaban J connectivity index is 2.94. The maximum absolute atomic E-state index is 11.8. The molecule has 0 aliphatic carbocycles. The van der Waals surface area contributed by atoms with E-state index in [4.69, 9.17) is 0 Å². The van der Waals surface area contributed by atoms with Crippen molar-refractivity contribution in [1.82, 2.24) is 0 Å². The van der Waals surface area contributed by atoms with E-state index in [1.165, 1.54) is 12.1 Å². The maximum atomic E-state index is 11.8. The topological polar surface area (TPSA) is 17.1 Å². The van der Waals surface area contributed by atoms with E-state index in [0.717, 1.165) is 12.1 Å². The Bertz CT molecular complexity index is 276. The van der Waals surface area contributed by atoms with Gasteiger partial charge in [0.1, 0.15) is 0 Å². The zero-order chi connectivity index (χ0) is 9.19. The normalized spacial score (nSPS) is 11.2. The van der Waals surface area contributed by atoms with Gasteiger partial charge in [-0.2, -0.15) is 13.2 Å². The molecule has 12 heavy (non-hydrogen) atoms. The van der Waals surface area contributed by atoms with Gasteiger partial charge in [0.25, 0.3) is 5.78 Å². The van der Waals surface area contributed by atoms with Crippen molar-refractivity contribution in [2.75, 3.05) is 0 Å². The molecule has 0 aliphatic heterocycles. The van der Waals surface area contributed by atoms with Crippen molar-refractivity contribution in [3.05, 3.63) is 35.9 Å². The van der Waals surface area contributed by atoms with Crippen LogP contribution in [0.4, 0.5) is 13.2 Å². The molecular weight excluding hydrogens is 169 g/mol. The number of hydrogen-bond acceptors (Lipinski definition) is 1. The van der Waals surface area contributed by atoms with Gasteiger partial charge in [-0.1, -0.05) is 30.3 Å². The molecule has 1 aromatic carbocycles. The predicted octanol–water partition coefficient (Wildman–Crippen LogP) is 2.43. The number of carbonyl (C=O) groups is 1. The molecule has 64 valence electrons. The first-order chi connectivity index (χ1) is 5.52. The van der Waals surface area contributed by atoms with Gasteiger partial charge in [0.2, 0.25) is 0 Å². The number of hydrogen-bond donors (Lipinski definition) is 0. The number of ketones is 1. The Morgan fingerprint density at radius 1 is 1.08 bits per heavy atom. The molecule has 0 saturated heterocycles. The molecule has 0 bridgehead atoms. The minimum Gasteiger partial charge on any atom is -0.284 e. The molecule has 0 aliphatic rings. The fourth-order valence-electron chi connectivity index (χ4n) is 0.753. The van der Waals surface area contributed by atoms with Crippen LogP contribution < -0.4 is 0 Å². The molecule has 0 heterocycles. The predicted molar refractivity (Wildman–Crippen MR) is 36.8 cm³/mol. The summed E-state index contributed by atoms with van der Waals surface area (Å²) in [6.45, 7) is 0. The summed E-state index contributed by atoms with van der Waals surface area (Å²) in [6.07, 6.45) is -4.78. The minimum absolute atomic E-state index is 0.329. The Morgan fingerprint density at radius 3 is 2.00 bits per heavy atom. The Labute approximate surface area is 66.8 Å². The maximum Gasteiger partial charge on any atom is 0.454 e. The Hall–Kier alpha value is -1.32. The first-order valence-electron chi connectivity index (χ1n) is 3.18. The summed E-state index contributed by atoms with van der Waals surface area (Å²) in [7, 11) is 0. The second-order valence-electron chi connectivity index (χ2n) is 2.19. The fraction of sp³-hybridized carbons (Fsp3) is 0.125. The largest absolute Gasteiger partial charge is 0.454 e. The quantitative estimate of drug-likeness (QED) is 0.597. The van der Waals surface area contributed by atoms with Crippen LogP contribution in [0.3, 0.4) is 0 Å². The number of alkyl halides is 3. The monoisotopic (exact) mass is 174 g/mol. The van der Waals surface area contributed by atoms with Crippen LogP contribution >= 0.6 is 0 Å². The number of rotatable bonds is 1. The van der Waals surface area contributed by atoms with Crippen molar-refractivity contribution >= 4 is 5.78 Å². The first kappa shape index (κ1) is 8.77. The molecule has 0 unspecified atom stereocenters. The van der Waals surface area contributed by atoms with E-state index in [2.05, 4.69) is 0 Å². The SMILES string of the molecule is O=C(c1ccccc1)C(F)(F)[19F]. The molecule has 0 N–H and O–H groups in total. The molecule has 0 radical (unpaired) electrons. The standard InChI is InChI=1S/C8H5F3O/c9-8(10,11)7(12)6-4-2-1-3-5-6/h1-5H/i9+0. The molecule has 1 rings (SSSR count). The van der Waals surface area contributed by atoms with Crippen LogP contribution in [-0.2, 0) is 0 Å². The van der Waals surface area contributed by atoms with Gasteiger partial charge in [-0.15, -0.1) is 0 Å². The fourth-order valence-corrected chi connectivity index (χ4v) is 0.753. The van der Waals surface area contributed by atoms with E-state index in [1.54, 1.807) is 6.07 Å². The summed E-state index contributed by atoms with van der Waals surface area (Å²) in [5, 5.41) is 0. The van der Waals surface area contributed by atoms with Crippen molar-refractivity contribution in [2.24, 2.45) is 0 Å². The lowest BCUT2D eigenvalue weighted by Gasteiger charge is -2.03. The number of carbonyl (C=O) groups excluding carboxylic acids is 1. The number of halogens is 3. The second-order valence-corrected chi connectivity index (χ2v) is 2.19. The zero-order valence-electron chi connectivity index (χ0n) is 5.93. The summed E-state index contributed by atoms with van der Waals surface area (Å²) in [6, 6.07) is 6.59. The zero-order valence-corrected chi connectivity index (χ0v) is 5.93.